The fourth-order valence-electron chi connectivity index (χ4n) is 1.09. The molecular weight excluding hydrogens is 188 g/mol. The van der Waals surface area contributed by atoms with E-state index in [0.29, 0.717) is 4.88 Å². The van der Waals surface area contributed by atoms with Gasteiger partial charge in [0.15, 0.2) is 4.96 Å². The van der Waals surface area contributed by atoms with Gasteiger partial charge < -0.3 is 4.74 Å². The van der Waals surface area contributed by atoms with Crippen LogP contribution < -0.4 is 0 Å². The van der Waals surface area contributed by atoms with Crippen molar-refractivity contribution in [1.82, 2.24) is 9.38 Å². The highest BCUT2D eigenvalue weighted by Gasteiger charge is 2.11. The lowest BCUT2D eigenvalue weighted by Crippen LogP contribution is -1.97. The van der Waals surface area contributed by atoms with E-state index in [1.54, 1.807) is 12.4 Å². The number of aromatic nitrogens is 2. The van der Waals surface area contributed by atoms with Gasteiger partial charge in [-0.1, -0.05) is 11.3 Å². The molecule has 4 nitrogen and oxygen atoms in total. The average molecular weight is 196 g/mol. The van der Waals surface area contributed by atoms with Crippen LogP contribution in [0.25, 0.3) is 4.96 Å². The highest BCUT2D eigenvalue weighted by atomic mass is 32.1. The van der Waals surface area contributed by atoms with Crippen LogP contribution in [0.15, 0.2) is 12.4 Å². The minimum Gasteiger partial charge on any atom is -0.465 e. The number of carbonyl (C=O) groups excluding carboxylic acids is 1. The number of fused-ring (bicyclic) bond motifs is 1. The number of hydrogen-bond acceptors (Lipinski definition) is 4. The number of aryl methyl sites for hydroxylation is 1. The second kappa shape index (κ2) is 2.85. The first-order chi connectivity index (χ1) is 6.22. The molecule has 13 heavy (non-hydrogen) atoms. The van der Waals surface area contributed by atoms with Crippen molar-refractivity contribution in [2.24, 2.45) is 0 Å². The van der Waals surface area contributed by atoms with Crippen molar-refractivity contribution in [3.63, 3.8) is 0 Å². The van der Waals surface area contributed by atoms with Crippen molar-refractivity contribution in [3.05, 3.63) is 23.0 Å². The molecule has 0 aliphatic carbocycles. The highest BCUT2D eigenvalue weighted by molar-refractivity contribution is 7.18. The molecule has 68 valence electrons. The maximum absolute atomic E-state index is 11.1. The molecule has 0 aliphatic rings. The van der Waals surface area contributed by atoms with Crippen molar-refractivity contribution in [2.45, 2.75) is 6.92 Å². The number of esters is 1. The van der Waals surface area contributed by atoms with Crippen LogP contribution in [-0.2, 0) is 4.74 Å². The Kier molecular flexibility index (Phi) is 1.81. The standard InChI is InChI=1S/C8H8N2O2S/c1-5-3-9-8-10(5)4-6(13-8)7(11)12-2/h3-4H,1-2H3. The van der Waals surface area contributed by atoms with E-state index in [9.17, 15) is 4.79 Å². The Morgan fingerprint density at radius 3 is 3.08 bits per heavy atom. The van der Waals surface area contributed by atoms with Crippen LogP contribution in [0, 0.1) is 6.92 Å². The summed E-state index contributed by atoms with van der Waals surface area (Å²) in [4.78, 5) is 16.7. The van der Waals surface area contributed by atoms with E-state index < -0.39 is 0 Å². The summed E-state index contributed by atoms with van der Waals surface area (Å²) in [6.45, 7) is 1.94. The lowest BCUT2D eigenvalue weighted by atomic mass is 10.5. The van der Waals surface area contributed by atoms with Gasteiger partial charge in [0.2, 0.25) is 0 Å². The molecule has 2 aromatic heterocycles. The van der Waals surface area contributed by atoms with Gasteiger partial charge in [0, 0.05) is 18.1 Å². The zero-order chi connectivity index (χ0) is 9.42. The number of methoxy groups -OCH3 is 1. The van der Waals surface area contributed by atoms with E-state index >= 15 is 0 Å². The van der Waals surface area contributed by atoms with E-state index in [0.717, 1.165) is 10.7 Å². The van der Waals surface area contributed by atoms with Crippen molar-refractivity contribution < 1.29 is 9.53 Å². The van der Waals surface area contributed by atoms with Crippen LogP contribution in [0.2, 0.25) is 0 Å². The Balaban J connectivity index is 2.56. The largest absolute Gasteiger partial charge is 0.465 e. The summed E-state index contributed by atoms with van der Waals surface area (Å²) in [6.07, 6.45) is 3.51. The second-order valence-corrected chi connectivity index (χ2v) is 3.65. The summed E-state index contributed by atoms with van der Waals surface area (Å²) in [7, 11) is 1.37. The zero-order valence-corrected chi connectivity index (χ0v) is 8.09. The molecule has 0 radical (unpaired) electrons. The van der Waals surface area contributed by atoms with E-state index in [1.807, 2.05) is 11.3 Å². The van der Waals surface area contributed by atoms with Crippen LogP contribution in [0.1, 0.15) is 15.4 Å². The summed E-state index contributed by atoms with van der Waals surface area (Å²) in [6, 6.07) is 0. The molecule has 2 aromatic rings. The minimum absolute atomic E-state index is 0.310. The number of nitrogens with zero attached hydrogens (tertiary/aromatic N) is 2. The summed E-state index contributed by atoms with van der Waals surface area (Å²) in [5, 5.41) is 0. The summed E-state index contributed by atoms with van der Waals surface area (Å²) in [5.41, 5.74) is 1.02. The lowest BCUT2D eigenvalue weighted by Gasteiger charge is -1.90. The van der Waals surface area contributed by atoms with Gasteiger partial charge in [0.25, 0.3) is 0 Å². The van der Waals surface area contributed by atoms with Gasteiger partial charge in [-0.05, 0) is 6.92 Å². The fourth-order valence-corrected chi connectivity index (χ4v) is 2.02. The number of rotatable bonds is 1. The monoisotopic (exact) mass is 196 g/mol. The SMILES string of the molecule is COC(=O)c1cn2c(C)cnc2s1. The Labute approximate surface area is 78.8 Å². The van der Waals surface area contributed by atoms with E-state index in [2.05, 4.69) is 9.72 Å². The maximum atomic E-state index is 11.1. The molecule has 0 N–H and O–H groups in total. The molecule has 0 bridgehead atoms. The van der Waals surface area contributed by atoms with Crippen LogP contribution in [0.5, 0.6) is 0 Å². The predicted octanol–water partition coefficient (Wildman–Crippen LogP) is 1.49. The quantitative estimate of drug-likeness (QED) is 0.649. The fraction of sp³-hybridized carbons (Fsp3) is 0.250. The first-order valence-electron chi connectivity index (χ1n) is 3.74. The average Bonchev–Trinajstić information content (AvgIpc) is 2.67. The molecule has 0 aliphatic heterocycles. The Morgan fingerprint density at radius 1 is 1.69 bits per heavy atom. The molecule has 0 fully saturated rings. The topological polar surface area (TPSA) is 43.6 Å². The van der Waals surface area contributed by atoms with Crippen molar-refractivity contribution in [1.29, 1.82) is 0 Å². The van der Waals surface area contributed by atoms with E-state index in [4.69, 9.17) is 0 Å². The summed E-state index contributed by atoms with van der Waals surface area (Å²) >= 11 is 1.33. The third-order valence-corrected chi connectivity index (χ3v) is 2.76. The van der Waals surface area contributed by atoms with E-state index in [1.165, 1.54) is 18.4 Å². The lowest BCUT2D eigenvalue weighted by molar-refractivity contribution is 0.0606. The van der Waals surface area contributed by atoms with Crippen LogP contribution in [0.3, 0.4) is 0 Å². The third-order valence-electron chi connectivity index (χ3n) is 1.78. The molecule has 0 saturated heterocycles. The number of ether oxygens (including phenoxy) is 1. The molecule has 0 saturated carbocycles. The summed E-state index contributed by atoms with van der Waals surface area (Å²) in [5.74, 6) is -0.310. The molecular formula is C8H8N2O2S. The molecule has 0 spiro atoms. The molecule has 0 atom stereocenters. The van der Waals surface area contributed by atoms with Gasteiger partial charge >= 0.3 is 5.97 Å². The molecule has 0 amide bonds. The second-order valence-electron chi connectivity index (χ2n) is 2.64. The van der Waals surface area contributed by atoms with Crippen LogP contribution in [0.4, 0.5) is 0 Å². The van der Waals surface area contributed by atoms with Gasteiger partial charge in [0.05, 0.1) is 7.11 Å². The van der Waals surface area contributed by atoms with Crippen molar-refractivity contribution in [3.8, 4) is 0 Å². The molecule has 0 aromatic carbocycles. The van der Waals surface area contributed by atoms with Gasteiger partial charge in [-0.15, -0.1) is 0 Å². The number of imidazole rings is 1. The van der Waals surface area contributed by atoms with E-state index in [-0.39, 0.29) is 5.97 Å². The Bertz CT molecular complexity index is 458. The molecule has 0 unspecified atom stereocenters. The van der Waals surface area contributed by atoms with Gasteiger partial charge in [-0.2, -0.15) is 0 Å². The smallest absolute Gasteiger partial charge is 0.349 e. The summed E-state index contributed by atoms with van der Waals surface area (Å²) < 4.78 is 6.48. The highest BCUT2D eigenvalue weighted by Crippen LogP contribution is 2.18. The van der Waals surface area contributed by atoms with Crippen molar-refractivity contribution in [2.75, 3.05) is 7.11 Å². The van der Waals surface area contributed by atoms with Gasteiger partial charge in [-0.25, -0.2) is 9.78 Å². The zero-order valence-electron chi connectivity index (χ0n) is 7.27. The number of thiazole rings is 1. The van der Waals surface area contributed by atoms with Gasteiger partial charge in [0.1, 0.15) is 4.88 Å². The number of carbonyl (C=O) groups is 1. The minimum atomic E-state index is -0.310. The van der Waals surface area contributed by atoms with Crippen LogP contribution in [-0.4, -0.2) is 22.5 Å². The first kappa shape index (κ1) is 8.25. The molecule has 5 heteroatoms. The predicted molar refractivity (Wildman–Crippen MR) is 49.1 cm³/mol. The maximum Gasteiger partial charge on any atom is 0.349 e. The third kappa shape index (κ3) is 1.21. The van der Waals surface area contributed by atoms with Gasteiger partial charge in [-0.3, -0.25) is 4.40 Å². The van der Waals surface area contributed by atoms with Crippen molar-refractivity contribution >= 4 is 22.3 Å². The Hall–Kier alpha value is -1.36. The normalized spacial score (nSPS) is 10.6. The molecule has 2 rings (SSSR count). The number of hydrogen-bond donors (Lipinski definition) is 0. The molecule has 2 heterocycles. The Morgan fingerprint density at radius 2 is 2.46 bits per heavy atom. The van der Waals surface area contributed by atoms with Crippen LogP contribution >= 0.6 is 11.3 Å². The first-order valence-corrected chi connectivity index (χ1v) is 4.56.